The summed E-state index contributed by atoms with van der Waals surface area (Å²) in [6.07, 6.45) is 1.95. The van der Waals surface area contributed by atoms with E-state index in [2.05, 4.69) is 63.1 Å². The maximum absolute atomic E-state index is 12.8. The number of ether oxygens (including phenoxy) is 1. The van der Waals surface area contributed by atoms with Gasteiger partial charge in [0, 0.05) is 37.3 Å². The van der Waals surface area contributed by atoms with Crippen molar-refractivity contribution in [3.8, 4) is 0 Å². The normalized spacial score (nSPS) is 18.6. The molecule has 41 heavy (non-hydrogen) atoms. The molecule has 0 radical (unpaired) electrons. The number of hydrogen-bond donors (Lipinski definition) is 3. The van der Waals surface area contributed by atoms with Gasteiger partial charge >= 0.3 is 0 Å². The highest BCUT2D eigenvalue weighted by atomic mass is 16.5. The Hall–Kier alpha value is -3.47. The van der Waals surface area contributed by atoms with Crippen molar-refractivity contribution < 1.29 is 14.3 Å². The summed E-state index contributed by atoms with van der Waals surface area (Å²) in [5.74, 6) is 1.20. The van der Waals surface area contributed by atoms with Crippen LogP contribution in [0.4, 0.5) is 11.5 Å². The van der Waals surface area contributed by atoms with Crippen LogP contribution in [0.25, 0.3) is 16.7 Å². The Morgan fingerprint density at radius 3 is 2.41 bits per heavy atom. The SMILES string of the molecule is Cc1nnc2c(NCCCCNC(=O)[C@@H](NC(=O)C(C)(C)C)C(C)C)nc3cc(N4C[C@@H](C)O[C@@H](C)C4)ccc3n12. The Labute approximate surface area is 242 Å². The third-order valence-corrected chi connectivity index (χ3v) is 7.37. The molecule has 0 saturated carbocycles. The van der Waals surface area contributed by atoms with Crippen LogP contribution in [-0.4, -0.2) is 75.8 Å². The quantitative estimate of drug-likeness (QED) is 0.317. The van der Waals surface area contributed by atoms with Gasteiger partial charge in [-0.1, -0.05) is 34.6 Å². The molecule has 3 atom stereocenters. The van der Waals surface area contributed by atoms with Crippen LogP contribution in [-0.2, 0) is 14.3 Å². The number of morpholine rings is 1. The summed E-state index contributed by atoms with van der Waals surface area (Å²) in [7, 11) is 0. The van der Waals surface area contributed by atoms with Crippen LogP contribution in [0.5, 0.6) is 0 Å². The third-order valence-electron chi connectivity index (χ3n) is 7.37. The highest BCUT2D eigenvalue weighted by Gasteiger charge is 2.29. The second-order valence-corrected chi connectivity index (χ2v) is 12.6. The summed E-state index contributed by atoms with van der Waals surface area (Å²) in [5, 5.41) is 18.0. The Kier molecular flexibility index (Phi) is 9.36. The van der Waals surface area contributed by atoms with E-state index < -0.39 is 11.5 Å². The molecule has 1 aliphatic heterocycles. The Morgan fingerprint density at radius 1 is 1.07 bits per heavy atom. The van der Waals surface area contributed by atoms with Crippen molar-refractivity contribution in [1.82, 2.24) is 30.2 Å². The summed E-state index contributed by atoms with van der Waals surface area (Å²) in [6.45, 7) is 18.4. The minimum atomic E-state index is -0.556. The molecule has 1 aliphatic rings. The van der Waals surface area contributed by atoms with Crippen LogP contribution in [0.15, 0.2) is 18.2 Å². The van der Waals surface area contributed by atoms with Crippen LogP contribution >= 0.6 is 0 Å². The van der Waals surface area contributed by atoms with Crippen molar-refractivity contribution in [2.45, 2.75) is 86.5 Å². The van der Waals surface area contributed by atoms with E-state index in [4.69, 9.17) is 9.72 Å². The van der Waals surface area contributed by atoms with E-state index in [1.807, 2.05) is 45.9 Å². The molecule has 2 amide bonds. The van der Waals surface area contributed by atoms with E-state index in [9.17, 15) is 9.59 Å². The fourth-order valence-electron chi connectivity index (χ4n) is 5.14. The lowest BCUT2D eigenvalue weighted by Gasteiger charge is -2.36. The number of aromatic nitrogens is 4. The first-order chi connectivity index (χ1) is 19.3. The smallest absolute Gasteiger partial charge is 0.242 e. The zero-order valence-electron chi connectivity index (χ0n) is 25.7. The molecule has 11 nitrogen and oxygen atoms in total. The first-order valence-corrected chi connectivity index (χ1v) is 14.7. The molecule has 0 spiro atoms. The molecule has 0 unspecified atom stereocenters. The van der Waals surface area contributed by atoms with Gasteiger partial charge in [0.05, 0.1) is 23.2 Å². The maximum atomic E-state index is 12.8. The lowest BCUT2D eigenvalue weighted by atomic mass is 9.93. The summed E-state index contributed by atoms with van der Waals surface area (Å²) >= 11 is 0. The summed E-state index contributed by atoms with van der Waals surface area (Å²) in [4.78, 5) is 32.5. The van der Waals surface area contributed by atoms with Crippen molar-refractivity contribution in [3.05, 3.63) is 24.0 Å². The van der Waals surface area contributed by atoms with Crippen LogP contribution in [0.2, 0.25) is 0 Å². The fourth-order valence-corrected chi connectivity index (χ4v) is 5.14. The number of rotatable bonds is 10. The molecule has 1 fully saturated rings. The molecule has 3 aromatic rings. The number of amides is 2. The molecule has 0 aliphatic carbocycles. The van der Waals surface area contributed by atoms with Crippen LogP contribution in [0.3, 0.4) is 0 Å². The Morgan fingerprint density at radius 2 is 1.76 bits per heavy atom. The zero-order valence-corrected chi connectivity index (χ0v) is 25.7. The third kappa shape index (κ3) is 7.25. The predicted molar refractivity (Wildman–Crippen MR) is 162 cm³/mol. The minimum Gasteiger partial charge on any atom is -0.372 e. The van der Waals surface area contributed by atoms with Crippen molar-refractivity contribution >= 4 is 40.0 Å². The van der Waals surface area contributed by atoms with Crippen molar-refractivity contribution in [2.75, 3.05) is 36.4 Å². The Bertz CT molecular complexity index is 1370. The zero-order chi connectivity index (χ0) is 29.9. The van der Waals surface area contributed by atoms with Crippen LogP contribution in [0.1, 0.15) is 67.1 Å². The fraction of sp³-hybridized carbons (Fsp3) is 0.633. The van der Waals surface area contributed by atoms with Gasteiger partial charge in [-0.05, 0) is 57.7 Å². The molecular formula is C30H46N8O3. The molecule has 3 N–H and O–H groups in total. The molecular weight excluding hydrogens is 520 g/mol. The largest absolute Gasteiger partial charge is 0.372 e. The van der Waals surface area contributed by atoms with E-state index >= 15 is 0 Å². The predicted octanol–water partition coefficient (Wildman–Crippen LogP) is 3.69. The number of carbonyl (C=O) groups is 2. The highest BCUT2D eigenvalue weighted by Crippen LogP contribution is 2.27. The van der Waals surface area contributed by atoms with Gasteiger partial charge in [0.25, 0.3) is 0 Å². The number of carbonyl (C=O) groups excluding carboxylic acids is 2. The number of nitrogens with one attached hydrogen (secondary N) is 3. The second-order valence-electron chi connectivity index (χ2n) is 12.6. The van der Waals surface area contributed by atoms with E-state index in [0.29, 0.717) is 24.6 Å². The number of benzene rings is 1. The average Bonchev–Trinajstić information content (AvgIpc) is 3.29. The lowest BCUT2D eigenvalue weighted by molar-refractivity contribution is -0.134. The van der Waals surface area contributed by atoms with Gasteiger partial charge in [-0.2, -0.15) is 0 Å². The number of unbranched alkanes of at least 4 members (excludes halogenated alkanes) is 1. The molecule has 0 bridgehead atoms. The monoisotopic (exact) mass is 566 g/mol. The van der Waals surface area contributed by atoms with Crippen LogP contribution in [0, 0.1) is 18.3 Å². The van der Waals surface area contributed by atoms with Gasteiger partial charge in [-0.3, -0.25) is 14.0 Å². The molecule has 1 aromatic carbocycles. The highest BCUT2D eigenvalue weighted by molar-refractivity contribution is 5.90. The number of fused-ring (bicyclic) bond motifs is 3. The topological polar surface area (TPSA) is 126 Å². The first kappa shape index (κ1) is 30.5. The molecule has 224 valence electrons. The number of hydrogen-bond acceptors (Lipinski definition) is 8. The number of anilines is 2. The van der Waals surface area contributed by atoms with Gasteiger partial charge in [0.15, 0.2) is 5.82 Å². The van der Waals surface area contributed by atoms with Gasteiger partial charge in [-0.25, -0.2) is 4.98 Å². The van der Waals surface area contributed by atoms with Gasteiger partial charge in [0.2, 0.25) is 17.5 Å². The van der Waals surface area contributed by atoms with Gasteiger partial charge in [0.1, 0.15) is 11.9 Å². The van der Waals surface area contributed by atoms with E-state index in [0.717, 1.165) is 48.5 Å². The second kappa shape index (κ2) is 12.6. The lowest BCUT2D eigenvalue weighted by Crippen LogP contribution is -2.52. The van der Waals surface area contributed by atoms with Crippen molar-refractivity contribution in [3.63, 3.8) is 0 Å². The van der Waals surface area contributed by atoms with Crippen molar-refractivity contribution in [1.29, 1.82) is 0 Å². The van der Waals surface area contributed by atoms with Crippen molar-refractivity contribution in [2.24, 2.45) is 11.3 Å². The molecule has 11 heteroatoms. The number of aryl methyl sites for hydroxylation is 1. The summed E-state index contributed by atoms with van der Waals surface area (Å²) in [6, 6.07) is 5.79. The first-order valence-electron chi connectivity index (χ1n) is 14.7. The molecule has 4 rings (SSSR count). The average molecular weight is 567 g/mol. The molecule has 2 aromatic heterocycles. The van der Waals surface area contributed by atoms with E-state index in [1.54, 1.807) is 0 Å². The molecule has 1 saturated heterocycles. The summed E-state index contributed by atoms with van der Waals surface area (Å²) < 4.78 is 7.95. The standard InChI is InChI=1S/C30H46N8O3/c1-18(2)25(34-29(40)30(6,7)8)28(39)32-14-10-9-13-31-26-27-36-35-21(5)38(27)24-12-11-22(15-23(24)33-26)37-16-19(3)41-20(4)17-37/h11-12,15,18-20,25H,9-10,13-14,16-17H2,1-8H3,(H,31,33)(H,32,39)(H,34,40)/t19-,20+,25-/m0/s1. The number of nitrogens with zero attached hydrogens (tertiary/aromatic N) is 5. The van der Waals surface area contributed by atoms with Gasteiger partial charge in [-0.15, -0.1) is 10.2 Å². The van der Waals surface area contributed by atoms with Gasteiger partial charge < -0.3 is 25.6 Å². The maximum Gasteiger partial charge on any atom is 0.242 e. The Balaban J connectivity index is 1.38. The summed E-state index contributed by atoms with van der Waals surface area (Å²) in [5.41, 5.74) is 3.10. The van der Waals surface area contributed by atoms with E-state index in [-0.39, 0.29) is 29.9 Å². The minimum absolute atomic E-state index is 0.00784. The van der Waals surface area contributed by atoms with Crippen LogP contribution < -0.4 is 20.9 Å². The molecule has 3 heterocycles. The van der Waals surface area contributed by atoms with E-state index in [1.165, 1.54) is 0 Å².